The second kappa shape index (κ2) is 5.41. The first kappa shape index (κ1) is 13.6. The van der Waals surface area contributed by atoms with Crippen molar-refractivity contribution in [3.63, 3.8) is 0 Å². The highest BCUT2D eigenvalue weighted by molar-refractivity contribution is 7.99. The molecule has 7 heteroatoms. The number of benzene rings is 1. The monoisotopic (exact) mass is 280 g/mol. The number of hydrogen-bond acceptors (Lipinski definition) is 5. The maximum absolute atomic E-state index is 13.9. The Labute approximate surface area is 113 Å². The van der Waals surface area contributed by atoms with Gasteiger partial charge < -0.3 is 16.5 Å². The third-order valence-electron chi connectivity index (χ3n) is 2.43. The maximum Gasteiger partial charge on any atom is 0.253 e. The van der Waals surface area contributed by atoms with Gasteiger partial charge in [0.15, 0.2) is 5.16 Å². The van der Waals surface area contributed by atoms with E-state index < -0.39 is 5.82 Å². The van der Waals surface area contributed by atoms with Crippen LogP contribution in [0.2, 0.25) is 0 Å². The number of nitrogens with one attached hydrogen (secondary N) is 1. The summed E-state index contributed by atoms with van der Waals surface area (Å²) in [6, 6.07) is 5.50. The van der Waals surface area contributed by atoms with Gasteiger partial charge in [0.25, 0.3) is 5.56 Å². The Morgan fingerprint density at radius 1 is 1.47 bits per heavy atom. The molecular weight excluding hydrogens is 267 g/mol. The van der Waals surface area contributed by atoms with E-state index in [2.05, 4.69) is 9.97 Å². The van der Waals surface area contributed by atoms with E-state index in [0.717, 1.165) is 17.8 Å². The lowest BCUT2D eigenvalue weighted by atomic mass is 10.1. The van der Waals surface area contributed by atoms with Gasteiger partial charge in [0.2, 0.25) is 0 Å². The molecule has 0 aliphatic carbocycles. The van der Waals surface area contributed by atoms with Gasteiger partial charge in [-0.15, -0.1) is 0 Å². The number of nitrogens with zero attached hydrogens (tertiary/aromatic N) is 1. The summed E-state index contributed by atoms with van der Waals surface area (Å²) in [5.41, 5.74) is 11.6. The summed E-state index contributed by atoms with van der Waals surface area (Å²) in [5, 5.41) is 0.233. The van der Waals surface area contributed by atoms with E-state index in [0.29, 0.717) is 10.5 Å². The highest BCUT2D eigenvalue weighted by Crippen LogP contribution is 2.32. The van der Waals surface area contributed by atoms with Crippen LogP contribution in [-0.4, -0.2) is 9.97 Å². The molecule has 0 saturated heterocycles. The molecule has 0 aliphatic rings. The first-order chi connectivity index (χ1) is 8.97. The molecule has 0 bridgehead atoms. The molecule has 1 atom stereocenters. The highest BCUT2D eigenvalue weighted by atomic mass is 32.2. The van der Waals surface area contributed by atoms with Crippen LogP contribution in [0.25, 0.3) is 0 Å². The minimum Gasteiger partial charge on any atom is -0.383 e. The van der Waals surface area contributed by atoms with Crippen LogP contribution in [0, 0.1) is 5.82 Å². The summed E-state index contributed by atoms with van der Waals surface area (Å²) >= 11 is 0.996. The molecule has 5 N–H and O–H groups in total. The van der Waals surface area contributed by atoms with E-state index in [4.69, 9.17) is 11.5 Å². The zero-order chi connectivity index (χ0) is 14.0. The first-order valence-electron chi connectivity index (χ1n) is 5.56. The summed E-state index contributed by atoms with van der Waals surface area (Å²) in [7, 11) is 0. The van der Waals surface area contributed by atoms with E-state index in [-0.39, 0.29) is 22.6 Å². The van der Waals surface area contributed by atoms with Crippen molar-refractivity contribution in [2.75, 3.05) is 5.73 Å². The minimum absolute atomic E-state index is 0.0879. The topological polar surface area (TPSA) is 97.8 Å². The molecule has 0 aliphatic heterocycles. The summed E-state index contributed by atoms with van der Waals surface area (Å²) in [6.45, 7) is 1.76. The molecule has 100 valence electrons. The van der Waals surface area contributed by atoms with Crippen LogP contribution in [0.1, 0.15) is 18.5 Å². The van der Waals surface area contributed by atoms with E-state index in [1.807, 2.05) is 0 Å². The van der Waals surface area contributed by atoms with Crippen LogP contribution in [0.15, 0.2) is 39.1 Å². The predicted molar refractivity (Wildman–Crippen MR) is 72.4 cm³/mol. The lowest BCUT2D eigenvalue weighted by Crippen LogP contribution is -2.11. The fourth-order valence-corrected chi connectivity index (χ4v) is 2.62. The van der Waals surface area contributed by atoms with Crippen molar-refractivity contribution >= 4 is 17.6 Å². The molecule has 0 fully saturated rings. The zero-order valence-corrected chi connectivity index (χ0v) is 11.0. The molecule has 0 saturated carbocycles. The van der Waals surface area contributed by atoms with Crippen molar-refractivity contribution in [1.82, 2.24) is 9.97 Å². The Bertz CT molecular complexity index is 656. The number of hydrogen-bond donors (Lipinski definition) is 3. The number of rotatable bonds is 3. The average molecular weight is 280 g/mol. The molecule has 2 aromatic rings. The Morgan fingerprint density at radius 3 is 2.84 bits per heavy atom. The average Bonchev–Trinajstić information content (AvgIpc) is 2.30. The fraction of sp³-hybridized carbons (Fsp3) is 0.167. The lowest BCUT2D eigenvalue weighted by Gasteiger charge is -2.12. The molecule has 0 radical (unpaired) electrons. The van der Waals surface area contributed by atoms with Gasteiger partial charge in [0.1, 0.15) is 11.6 Å². The van der Waals surface area contributed by atoms with Crippen LogP contribution in [0.3, 0.4) is 0 Å². The second-order valence-corrected chi connectivity index (χ2v) is 5.02. The molecule has 19 heavy (non-hydrogen) atoms. The van der Waals surface area contributed by atoms with Crippen LogP contribution in [0.4, 0.5) is 10.2 Å². The molecule has 0 unspecified atom stereocenters. The smallest absolute Gasteiger partial charge is 0.253 e. The van der Waals surface area contributed by atoms with Gasteiger partial charge >= 0.3 is 0 Å². The van der Waals surface area contributed by atoms with Crippen LogP contribution in [-0.2, 0) is 0 Å². The number of aromatic amines is 1. The van der Waals surface area contributed by atoms with Crippen molar-refractivity contribution in [3.05, 3.63) is 46.0 Å². The Kier molecular flexibility index (Phi) is 3.87. The standard InChI is InChI=1S/C12H13FN4OS/c1-6(14)7-3-2-4-8(13)11(7)19-12-16-9(15)5-10(18)17-12/h2-6H,14H2,1H3,(H3,15,16,17,18)/t6-/m1/s1. The lowest BCUT2D eigenvalue weighted by molar-refractivity contribution is 0.591. The molecule has 1 aromatic carbocycles. The number of nitrogen functional groups attached to an aromatic ring is 1. The molecular formula is C12H13FN4OS. The van der Waals surface area contributed by atoms with Crippen molar-refractivity contribution in [3.8, 4) is 0 Å². The minimum atomic E-state index is -0.412. The highest BCUT2D eigenvalue weighted by Gasteiger charge is 2.14. The first-order valence-corrected chi connectivity index (χ1v) is 6.37. The second-order valence-electron chi connectivity index (χ2n) is 4.02. The number of aromatic nitrogens is 2. The molecule has 0 spiro atoms. The van der Waals surface area contributed by atoms with Gasteiger partial charge in [0.05, 0.1) is 4.90 Å². The molecule has 2 rings (SSSR count). The molecule has 0 amide bonds. The summed E-state index contributed by atoms with van der Waals surface area (Å²) < 4.78 is 13.9. The Balaban J connectivity index is 2.45. The van der Waals surface area contributed by atoms with Crippen molar-refractivity contribution < 1.29 is 4.39 Å². The number of halogens is 1. The van der Waals surface area contributed by atoms with Gasteiger partial charge in [-0.25, -0.2) is 9.37 Å². The van der Waals surface area contributed by atoms with E-state index in [1.54, 1.807) is 19.1 Å². The molecule has 1 heterocycles. The van der Waals surface area contributed by atoms with Crippen LogP contribution >= 0.6 is 11.8 Å². The number of H-pyrrole nitrogens is 1. The van der Waals surface area contributed by atoms with Gasteiger partial charge in [-0.2, -0.15) is 0 Å². The number of nitrogens with two attached hydrogens (primary N) is 2. The molecule has 5 nitrogen and oxygen atoms in total. The van der Waals surface area contributed by atoms with E-state index in [1.165, 1.54) is 6.07 Å². The van der Waals surface area contributed by atoms with Crippen LogP contribution in [0.5, 0.6) is 0 Å². The SMILES string of the molecule is C[C@@H](N)c1cccc(F)c1Sc1nc(N)cc(=O)[nH]1. The largest absolute Gasteiger partial charge is 0.383 e. The van der Waals surface area contributed by atoms with Crippen molar-refractivity contribution in [2.45, 2.75) is 23.0 Å². The summed E-state index contributed by atoms with van der Waals surface area (Å²) in [4.78, 5) is 18.1. The van der Waals surface area contributed by atoms with Crippen molar-refractivity contribution in [1.29, 1.82) is 0 Å². The van der Waals surface area contributed by atoms with Crippen LogP contribution < -0.4 is 17.0 Å². The predicted octanol–water partition coefficient (Wildman–Crippen LogP) is 1.66. The van der Waals surface area contributed by atoms with E-state index >= 15 is 0 Å². The summed E-state index contributed by atoms with van der Waals surface area (Å²) in [6.07, 6.45) is 0. The van der Waals surface area contributed by atoms with Gasteiger partial charge in [-0.05, 0) is 30.3 Å². The van der Waals surface area contributed by atoms with Gasteiger partial charge in [-0.3, -0.25) is 4.79 Å². The fourth-order valence-electron chi connectivity index (χ4n) is 1.59. The zero-order valence-electron chi connectivity index (χ0n) is 10.2. The summed E-state index contributed by atoms with van der Waals surface area (Å²) in [5.74, 6) is -0.324. The van der Waals surface area contributed by atoms with E-state index in [9.17, 15) is 9.18 Å². The Hall–Kier alpha value is -1.86. The van der Waals surface area contributed by atoms with Gasteiger partial charge in [0, 0.05) is 12.1 Å². The third-order valence-corrected chi connectivity index (χ3v) is 3.45. The van der Waals surface area contributed by atoms with Gasteiger partial charge in [-0.1, -0.05) is 12.1 Å². The normalized spacial score (nSPS) is 12.4. The Morgan fingerprint density at radius 2 is 2.21 bits per heavy atom. The molecule has 1 aromatic heterocycles. The number of anilines is 1. The quantitative estimate of drug-likeness (QED) is 0.743. The third kappa shape index (κ3) is 3.12. The van der Waals surface area contributed by atoms with Crippen molar-refractivity contribution in [2.24, 2.45) is 5.73 Å². The maximum atomic E-state index is 13.9.